The molecule has 1 aliphatic rings. The van der Waals surface area contributed by atoms with Gasteiger partial charge in [0.25, 0.3) is 0 Å². The van der Waals surface area contributed by atoms with Gasteiger partial charge in [-0.15, -0.1) is 0 Å². The summed E-state index contributed by atoms with van der Waals surface area (Å²) in [6.45, 7) is 14.6. The van der Waals surface area contributed by atoms with Crippen LogP contribution in [-0.4, -0.2) is 42.1 Å². The van der Waals surface area contributed by atoms with E-state index in [1.807, 2.05) is 32.6 Å². The Kier molecular flexibility index (Phi) is 5.61. The highest BCUT2D eigenvalue weighted by Crippen LogP contribution is 2.50. The molecule has 0 spiro atoms. The summed E-state index contributed by atoms with van der Waals surface area (Å²) in [6.07, 6.45) is 1.79. The average molecular weight is 284 g/mol. The topological polar surface area (TPSA) is 55.6 Å². The summed E-state index contributed by atoms with van der Waals surface area (Å²) in [4.78, 5) is 14.8. The molecule has 0 aromatic rings. The Balaban J connectivity index is 2.80. The van der Waals surface area contributed by atoms with E-state index in [1.165, 1.54) is 0 Å². The van der Waals surface area contributed by atoms with Gasteiger partial charge in [0.05, 0.1) is 6.10 Å². The van der Waals surface area contributed by atoms with Crippen molar-refractivity contribution in [2.24, 2.45) is 17.1 Å². The Labute approximate surface area is 124 Å². The summed E-state index contributed by atoms with van der Waals surface area (Å²) in [5.74, 6) is 0.592. The zero-order chi connectivity index (χ0) is 15.6. The molecule has 4 heteroatoms. The van der Waals surface area contributed by atoms with Crippen molar-refractivity contribution >= 4 is 5.91 Å². The minimum atomic E-state index is -0.781. The molecule has 0 radical (unpaired) electrons. The van der Waals surface area contributed by atoms with E-state index in [1.54, 1.807) is 0 Å². The fraction of sp³-hybridized carbons (Fsp3) is 0.938. The van der Waals surface area contributed by atoms with E-state index < -0.39 is 5.54 Å². The van der Waals surface area contributed by atoms with E-state index >= 15 is 0 Å². The quantitative estimate of drug-likeness (QED) is 0.781. The fourth-order valence-corrected chi connectivity index (χ4v) is 2.94. The van der Waals surface area contributed by atoms with Crippen LogP contribution in [0.3, 0.4) is 0 Å². The number of carbonyl (C=O) groups excluding carboxylic acids is 1. The monoisotopic (exact) mass is 284 g/mol. The Bertz CT molecular complexity index is 343. The first-order valence-electron chi connectivity index (χ1n) is 7.94. The van der Waals surface area contributed by atoms with E-state index in [0.29, 0.717) is 18.9 Å². The SMILES string of the molecule is CCOC1CC(N)(C(=O)N(CC)CC(C)CC)C1(C)C. The highest BCUT2D eigenvalue weighted by molar-refractivity contribution is 5.88. The summed E-state index contributed by atoms with van der Waals surface area (Å²) < 4.78 is 5.70. The Morgan fingerprint density at radius 2 is 2.00 bits per heavy atom. The van der Waals surface area contributed by atoms with Crippen LogP contribution in [0, 0.1) is 11.3 Å². The molecule has 1 fully saturated rings. The summed E-state index contributed by atoms with van der Waals surface area (Å²) in [6, 6.07) is 0. The van der Waals surface area contributed by atoms with Crippen molar-refractivity contribution in [2.75, 3.05) is 19.7 Å². The number of amides is 1. The van der Waals surface area contributed by atoms with Gasteiger partial charge in [0.1, 0.15) is 5.54 Å². The molecule has 0 bridgehead atoms. The van der Waals surface area contributed by atoms with Gasteiger partial charge < -0.3 is 15.4 Å². The van der Waals surface area contributed by atoms with Gasteiger partial charge in [-0.1, -0.05) is 34.1 Å². The van der Waals surface area contributed by atoms with Gasteiger partial charge in [-0.2, -0.15) is 0 Å². The molecule has 1 amide bonds. The number of carbonyl (C=O) groups is 1. The Morgan fingerprint density at radius 1 is 1.40 bits per heavy atom. The number of hydrogen-bond acceptors (Lipinski definition) is 3. The second kappa shape index (κ2) is 6.44. The lowest BCUT2D eigenvalue weighted by Crippen LogP contribution is -2.76. The first-order chi connectivity index (χ1) is 9.24. The van der Waals surface area contributed by atoms with Crippen molar-refractivity contribution in [3.63, 3.8) is 0 Å². The second-order valence-electron chi connectivity index (χ2n) is 6.70. The lowest BCUT2D eigenvalue weighted by atomic mass is 9.54. The van der Waals surface area contributed by atoms with Gasteiger partial charge in [0, 0.05) is 31.5 Å². The zero-order valence-corrected chi connectivity index (χ0v) is 14.0. The van der Waals surface area contributed by atoms with Gasteiger partial charge in [-0.3, -0.25) is 4.79 Å². The van der Waals surface area contributed by atoms with Crippen LogP contribution in [0.15, 0.2) is 0 Å². The van der Waals surface area contributed by atoms with Crippen molar-refractivity contribution in [1.29, 1.82) is 0 Å². The molecule has 0 heterocycles. The normalized spacial score (nSPS) is 29.6. The number of nitrogens with two attached hydrogens (primary N) is 1. The van der Waals surface area contributed by atoms with Crippen molar-refractivity contribution in [3.05, 3.63) is 0 Å². The third kappa shape index (κ3) is 2.86. The van der Waals surface area contributed by atoms with Crippen molar-refractivity contribution < 1.29 is 9.53 Å². The molecular weight excluding hydrogens is 252 g/mol. The summed E-state index contributed by atoms with van der Waals surface area (Å²) in [7, 11) is 0. The summed E-state index contributed by atoms with van der Waals surface area (Å²) >= 11 is 0. The predicted octanol–water partition coefficient (Wildman–Crippen LogP) is 2.41. The number of ether oxygens (including phenoxy) is 1. The Morgan fingerprint density at radius 3 is 2.40 bits per heavy atom. The van der Waals surface area contributed by atoms with Crippen molar-refractivity contribution in [2.45, 2.75) is 66.0 Å². The van der Waals surface area contributed by atoms with Crippen molar-refractivity contribution in [1.82, 2.24) is 4.90 Å². The van der Waals surface area contributed by atoms with Crippen LogP contribution in [0.25, 0.3) is 0 Å². The number of nitrogens with zero attached hydrogens (tertiary/aromatic N) is 1. The molecule has 20 heavy (non-hydrogen) atoms. The lowest BCUT2D eigenvalue weighted by molar-refractivity contribution is -0.179. The highest BCUT2D eigenvalue weighted by Gasteiger charge is 2.63. The lowest BCUT2D eigenvalue weighted by Gasteiger charge is -2.58. The first kappa shape index (κ1) is 17.4. The van der Waals surface area contributed by atoms with Crippen LogP contribution in [0.5, 0.6) is 0 Å². The number of rotatable bonds is 7. The molecule has 118 valence electrons. The summed E-state index contributed by atoms with van der Waals surface area (Å²) in [5.41, 5.74) is 5.38. The molecule has 1 aliphatic carbocycles. The largest absolute Gasteiger partial charge is 0.378 e. The smallest absolute Gasteiger partial charge is 0.243 e. The van der Waals surface area contributed by atoms with E-state index in [4.69, 9.17) is 10.5 Å². The van der Waals surface area contributed by atoms with Crippen LogP contribution in [0.4, 0.5) is 0 Å². The second-order valence-corrected chi connectivity index (χ2v) is 6.70. The van der Waals surface area contributed by atoms with Gasteiger partial charge in [0.15, 0.2) is 0 Å². The third-order valence-corrected chi connectivity index (χ3v) is 5.11. The standard InChI is InChI=1S/C16H32N2O2/c1-7-12(4)11-18(8-2)14(19)16(17)10-13(20-9-3)15(16,5)6/h12-13H,7-11,17H2,1-6H3. The molecule has 0 aromatic carbocycles. The molecule has 4 nitrogen and oxygen atoms in total. The van der Waals surface area contributed by atoms with Gasteiger partial charge >= 0.3 is 0 Å². The highest BCUT2D eigenvalue weighted by atomic mass is 16.5. The number of hydrogen-bond donors (Lipinski definition) is 1. The molecule has 0 saturated heterocycles. The maximum Gasteiger partial charge on any atom is 0.243 e. The molecule has 1 rings (SSSR count). The minimum Gasteiger partial charge on any atom is -0.378 e. The molecule has 2 N–H and O–H groups in total. The predicted molar refractivity (Wildman–Crippen MR) is 82.4 cm³/mol. The fourth-order valence-electron chi connectivity index (χ4n) is 2.94. The molecule has 3 unspecified atom stereocenters. The maximum absolute atomic E-state index is 12.8. The van der Waals surface area contributed by atoms with Crippen LogP contribution in [0.2, 0.25) is 0 Å². The van der Waals surface area contributed by atoms with Crippen LogP contribution < -0.4 is 5.73 Å². The number of likely N-dealkylation sites (N-methyl/N-ethyl adjacent to an activating group) is 1. The third-order valence-electron chi connectivity index (χ3n) is 5.11. The zero-order valence-electron chi connectivity index (χ0n) is 14.0. The van der Waals surface area contributed by atoms with Gasteiger partial charge in [-0.25, -0.2) is 0 Å². The maximum atomic E-state index is 12.8. The van der Waals surface area contributed by atoms with E-state index in [9.17, 15) is 4.79 Å². The summed E-state index contributed by atoms with van der Waals surface area (Å²) in [5, 5.41) is 0. The van der Waals surface area contributed by atoms with Gasteiger partial charge in [-0.05, 0) is 19.8 Å². The molecule has 1 saturated carbocycles. The van der Waals surface area contributed by atoms with E-state index in [-0.39, 0.29) is 17.4 Å². The Hall–Kier alpha value is -0.610. The van der Waals surface area contributed by atoms with E-state index in [2.05, 4.69) is 13.8 Å². The average Bonchev–Trinajstić information content (AvgIpc) is 2.43. The van der Waals surface area contributed by atoms with E-state index in [0.717, 1.165) is 19.5 Å². The van der Waals surface area contributed by atoms with Crippen LogP contribution in [0.1, 0.15) is 54.4 Å². The van der Waals surface area contributed by atoms with Crippen molar-refractivity contribution in [3.8, 4) is 0 Å². The van der Waals surface area contributed by atoms with Gasteiger partial charge in [0.2, 0.25) is 5.91 Å². The minimum absolute atomic E-state index is 0.0845. The molecule has 0 aliphatic heterocycles. The molecular formula is C16H32N2O2. The molecule has 3 atom stereocenters. The molecule has 0 aromatic heterocycles. The van der Waals surface area contributed by atoms with Crippen LogP contribution >= 0.6 is 0 Å². The first-order valence-corrected chi connectivity index (χ1v) is 7.94. The van der Waals surface area contributed by atoms with Crippen LogP contribution in [-0.2, 0) is 9.53 Å².